The Morgan fingerprint density at radius 3 is 2.83 bits per heavy atom. The van der Waals surface area contributed by atoms with Gasteiger partial charge in [-0.3, -0.25) is 4.79 Å². The Morgan fingerprint density at radius 2 is 2.33 bits per heavy atom. The Balaban J connectivity index is 0.00000289. The van der Waals surface area contributed by atoms with Crippen molar-refractivity contribution in [2.45, 2.75) is 0 Å². The van der Waals surface area contributed by atoms with E-state index in [0.29, 0.717) is 0 Å². The van der Waals surface area contributed by atoms with Crippen LogP contribution in [0.3, 0.4) is 0 Å². The molecule has 0 saturated carbocycles. The zero-order chi connectivity index (χ0) is 12.8. The van der Waals surface area contributed by atoms with Crippen LogP contribution in [0.15, 0.2) is 10.5 Å². The third-order valence-electron chi connectivity index (χ3n) is 1.49. The van der Waals surface area contributed by atoms with Gasteiger partial charge in [0.1, 0.15) is 18.7 Å². The molecule has 0 aliphatic rings. The van der Waals surface area contributed by atoms with Crippen LogP contribution >= 0.6 is 22.9 Å². The van der Waals surface area contributed by atoms with Crippen LogP contribution < -0.4 is 61.8 Å². The van der Waals surface area contributed by atoms with Gasteiger partial charge in [-0.05, 0) is 0 Å². The van der Waals surface area contributed by atoms with Crippen LogP contribution in [0.4, 0.5) is 5.13 Å². The fraction of sp³-hybridized carbons (Fsp3) is 0.250. The fourth-order valence-electron chi connectivity index (χ4n) is 0.872. The summed E-state index contributed by atoms with van der Waals surface area (Å²) in [6, 6.07) is 0. The molecule has 0 unspecified atom stereocenters. The van der Waals surface area contributed by atoms with Crippen LogP contribution in [-0.2, 0) is 14.4 Å². The number of nitrogens with zero attached hydrogens (tertiary/aromatic N) is 2. The van der Waals surface area contributed by atoms with Crippen LogP contribution in [0.2, 0.25) is 0 Å². The van der Waals surface area contributed by atoms with Gasteiger partial charge in [0.25, 0.3) is 0 Å². The van der Waals surface area contributed by atoms with Gasteiger partial charge in [-0.25, -0.2) is 4.98 Å². The minimum Gasteiger partial charge on any atom is -0.543 e. The Hall–Kier alpha value is -0.0336. The van der Waals surface area contributed by atoms with Crippen molar-refractivity contribution >= 4 is 45.7 Å². The van der Waals surface area contributed by atoms with Crippen LogP contribution in [0.5, 0.6) is 0 Å². The largest absolute Gasteiger partial charge is 1.00 e. The van der Waals surface area contributed by atoms with Crippen LogP contribution in [0.25, 0.3) is 0 Å². The van der Waals surface area contributed by atoms with E-state index in [1.54, 1.807) is 0 Å². The molecule has 0 radical (unpaired) electrons. The monoisotopic (exact) mass is 315 g/mol. The molecule has 0 aliphatic heterocycles. The second-order valence-corrected chi connectivity index (χ2v) is 3.75. The number of aromatic nitrogens is 1. The van der Waals surface area contributed by atoms with E-state index >= 15 is 0 Å². The van der Waals surface area contributed by atoms with Crippen molar-refractivity contribution in [3.8, 4) is 0 Å². The van der Waals surface area contributed by atoms with Gasteiger partial charge in [-0.2, -0.15) is 0 Å². The normalized spacial score (nSPS) is 10.4. The molecule has 7 nitrogen and oxygen atoms in total. The summed E-state index contributed by atoms with van der Waals surface area (Å²) in [7, 11) is 1.20. The topological polar surface area (TPSA) is 104 Å². The minimum absolute atomic E-state index is 0. The van der Waals surface area contributed by atoms with Gasteiger partial charge in [-0.1, -0.05) is 5.16 Å². The number of alkyl halides is 1. The zero-order valence-corrected chi connectivity index (χ0v) is 14.3. The molecular weight excluding hydrogens is 309 g/mol. The number of carboxylic acids is 1. The quantitative estimate of drug-likeness (QED) is 0.262. The van der Waals surface area contributed by atoms with E-state index in [0.717, 1.165) is 11.3 Å². The van der Waals surface area contributed by atoms with Crippen molar-refractivity contribution in [2.24, 2.45) is 5.16 Å². The number of hydrogen-bond donors (Lipinski definition) is 1. The predicted molar refractivity (Wildman–Crippen MR) is 60.0 cm³/mol. The summed E-state index contributed by atoms with van der Waals surface area (Å²) < 4.78 is 0. The maximum atomic E-state index is 11.0. The molecular formula is C8H7ClKN3O4S. The molecule has 0 aliphatic carbocycles. The first-order valence-corrected chi connectivity index (χ1v) is 5.64. The number of carbonyl (C=O) groups is 2. The van der Waals surface area contributed by atoms with Crippen molar-refractivity contribution in [2.75, 3.05) is 18.3 Å². The van der Waals surface area contributed by atoms with E-state index in [1.807, 2.05) is 0 Å². The third-order valence-corrected chi connectivity index (χ3v) is 2.49. The first kappa shape index (κ1) is 18.0. The van der Waals surface area contributed by atoms with E-state index in [4.69, 9.17) is 11.6 Å². The number of aliphatic carboxylic acids is 1. The average Bonchev–Trinajstić information content (AvgIpc) is 2.73. The van der Waals surface area contributed by atoms with Crippen molar-refractivity contribution in [1.29, 1.82) is 0 Å². The molecule has 1 N–H and O–H groups in total. The summed E-state index contributed by atoms with van der Waals surface area (Å²) in [5.74, 6) is -2.17. The van der Waals surface area contributed by atoms with Crippen LogP contribution in [0.1, 0.15) is 5.69 Å². The number of carboxylic acid groups (broad SMARTS) is 1. The molecule has 1 aromatic rings. The van der Waals surface area contributed by atoms with E-state index in [-0.39, 0.29) is 68.1 Å². The number of rotatable bonds is 5. The standard InChI is InChI=1S/C8H8ClN3O4S.K/c1-16-12-6(7(14)15)4-3-17-8(10-4)11-5(13)2-9;/h3H,2H2,1H3,(H,14,15)(H,10,11,13);/q;+1/p-1/b12-6-;. The molecule has 10 heteroatoms. The molecule has 0 atom stereocenters. The number of nitrogens with one attached hydrogen (secondary N) is 1. The number of anilines is 1. The number of halogens is 1. The Labute approximate surface area is 154 Å². The van der Waals surface area contributed by atoms with Crippen molar-refractivity contribution < 1.29 is 70.9 Å². The molecule has 0 saturated heterocycles. The maximum Gasteiger partial charge on any atom is 1.00 e. The summed E-state index contributed by atoms with van der Waals surface area (Å²) in [4.78, 5) is 29.9. The molecule has 0 aromatic carbocycles. The number of amides is 1. The zero-order valence-electron chi connectivity index (χ0n) is 9.60. The second-order valence-electron chi connectivity index (χ2n) is 2.63. The van der Waals surface area contributed by atoms with E-state index in [2.05, 4.69) is 20.3 Å². The second kappa shape index (κ2) is 8.96. The Kier molecular flexibility index (Phi) is 8.95. The molecule has 18 heavy (non-hydrogen) atoms. The van der Waals surface area contributed by atoms with Crippen LogP contribution in [-0.4, -0.2) is 35.6 Å². The van der Waals surface area contributed by atoms with Gasteiger partial charge in [0.2, 0.25) is 5.91 Å². The smallest absolute Gasteiger partial charge is 0.543 e. The summed E-state index contributed by atoms with van der Waals surface area (Å²) in [6.07, 6.45) is 0. The molecule has 0 bridgehead atoms. The average molecular weight is 316 g/mol. The number of thiazole rings is 1. The molecule has 0 spiro atoms. The Bertz CT molecular complexity index is 465. The van der Waals surface area contributed by atoms with E-state index < -0.39 is 17.6 Å². The summed E-state index contributed by atoms with van der Waals surface area (Å²) >= 11 is 6.32. The molecule has 0 fully saturated rings. The Morgan fingerprint density at radius 1 is 1.67 bits per heavy atom. The summed E-state index contributed by atoms with van der Waals surface area (Å²) in [5, 5.41) is 18.0. The van der Waals surface area contributed by atoms with Crippen molar-refractivity contribution in [3.63, 3.8) is 0 Å². The van der Waals surface area contributed by atoms with E-state index in [9.17, 15) is 14.7 Å². The van der Waals surface area contributed by atoms with Gasteiger partial charge < -0.3 is 20.1 Å². The van der Waals surface area contributed by atoms with Crippen molar-refractivity contribution in [3.05, 3.63) is 11.1 Å². The fourth-order valence-corrected chi connectivity index (χ4v) is 1.65. The van der Waals surface area contributed by atoms with E-state index in [1.165, 1.54) is 12.5 Å². The maximum absolute atomic E-state index is 11.0. The minimum atomic E-state index is -1.52. The molecule has 1 aromatic heterocycles. The molecule has 1 amide bonds. The van der Waals surface area contributed by atoms with Gasteiger partial charge in [0, 0.05) is 5.38 Å². The summed E-state index contributed by atoms with van der Waals surface area (Å²) in [5.41, 5.74) is -0.406. The third kappa shape index (κ3) is 5.30. The van der Waals surface area contributed by atoms with Gasteiger partial charge >= 0.3 is 51.4 Å². The SMILES string of the molecule is CO/N=C(\C(=O)[O-])c1csc(NC(=O)CCl)n1.[K+]. The number of carbonyl (C=O) groups excluding carboxylic acids is 2. The molecule has 92 valence electrons. The van der Waals surface area contributed by atoms with Gasteiger partial charge in [0.15, 0.2) is 10.8 Å². The molecule has 1 rings (SSSR count). The summed E-state index contributed by atoms with van der Waals surface area (Å²) in [6.45, 7) is 0. The van der Waals surface area contributed by atoms with Crippen LogP contribution in [0, 0.1) is 0 Å². The predicted octanol–water partition coefficient (Wildman–Crippen LogP) is -3.58. The number of oxime groups is 1. The first-order chi connectivity index (χ1) is 8.08. The van der Waals surface area contributed by atoms with Gasteiger partial charge in [0.05, 0.1) is 5.97 Å². The number of hydrogen-bond acceptors (Lipinski definition) is 7. The first-order valence-electron chi connectivity index (χ1n) is 4.22. The van der Waals surface area contributed by atoms with Gasteiger partial charge in [-0.15, -0.1) is 22.9 Å². The molecule has 1 heterocycles. The van der Waals surface area contributed by atoms with Crippen molar-refractivity contribution in [1.82, 2.24) is 4.98 Å².